The molecule has 0 radical (unpaired) electrons. The summed E-state index contributed by atoms with van der Waals surface area (Å²) in [5.74, 6) is 0. The largest absolute Gasteiger partial charge is 0.389 e. The van der Waals surface area contributed by atoms with Crippen molar-refractivity contribution in [2.24, 2.45) is 0 Å². The Bertz CT molecular complexity index is 230. The molecule has 0 aliphatic rings. The van der Waals surface area contributed by atoms with Crippen molar-refractivity contribution in [1.29, 1.82) is 0 Å². The van der Waals surface area contributed by atoms with Gasteiger partial charge in [-0.15, -0.1) is 3.89 Å². The van der Waals surface area contributed by atoms with Crippen LogP contribution in [0.25, 0.3) is 0 Å². The summed E-state index contributed by atoms with van der Waals surface area (Å²) in [6.45, 7) is 0.904. The van der Waals surface area contributed by atoms with Crippen LogP contribution in [0.3, 0.4) is 0 Å². The third-order valence-corrected chi connectivity index (χ3v) is 2.51. The first-order chi connectivity index (χ1) is 5.13. The molecule has 0 N–H and O–H groups in total. The molecule has 0 saturated carbocycles. The van der Waals surface area contributed by atoms with Gasteiger partial charge in [-0.1, -0.05) is 0 Å². The van der Waals surface area contributed by atoms with E-state index in [1.54, 1.807) is 0 Å². The Hall–Kier alpha value is -0.330. The minimum absolute atomic E-state index is 0.734. The van der Waals surface area contributed by atoms with Gasteiger partial charge in [-0.2, -0.15) is 21.6 Å². The van der Waals surface area contributed by atoms with E-state index in [2.05, 4.69) is 0 Å². The van der Waals surface area contributed by atoms with Crippen molar-refractivity contribution in [2.75, 3.05) is 0 Å². The molecule has 0 aliphatic carbocycles. The summed E-state index contributed by atoms with van der Waals surface area (Å²) in [5.41, 5.74) is 0. The molecule has 0 heterocycles. The van der Waals surface area contributed by atoms with E-state index in [1.165, 1.54) is 0 Å². The Kier molecular flexibility index (Phi) is 3.49. The maximum atomic E-state index is 12.0. The van der Waals surface area contributed by atoms with Gasteiger partial charge in [0.15, 0.2) is 0 Å². The van der Waals surface area contributed by atoms with Crippen molar-refractivity contribution in [1.82, 2.24) is 0 Å². The van der Waals surface area contributed by atoms with Gasteiger partial charge in [0.2, 0.25) is 0 Å². The standard InChI is InChI=1S/C5H8F4O2S/c1-4(12(9,10)11)2-3-5(6,7)8/h4H,2-3H2,1H3. The van der Waals surface area contributed by atoms with Gasteiger partial charge in [-0.05, 0) is 13.3 Å². The normalized spacial score (nSPS) is 16.1. The molecule has 0 spiro atoms. The smallest absolute Gasteiger partial charge is 0.195 e. The van der Waals surface area contributed by atoms with Gasteiger partial charge in [0, 0.05) is 6.42 Å². The molecule has 2 nitrogen and oxygen atoms in total. The van der Waals surface area contributed by atoms with E-state index in [0.717, 1.165) is 6.92 Å². The van der Waals surface area contributed by atoms with Crippen LogP contribution >= 0.6 is 0 Å². The number of alkyl halides is 3. The summed E-state index contributed by atoms with van der Waals surface area (Å²) in [5, 5.41) is -1.58. The quantitative estimate of drug-likeness (QED) is 0.525. The third-order valence-electron chi connectivity index (χ3n) is 1.31. The Morgan fingerprint density at radius 1 is 1.33 bits per heavy atom. The van der Waals surface area contributed by atoms with E-state index in [1.807, 2.05) is 0 Å². The zero-order valence-electron chi connectivity index (χ0n) is 6.23. The van der Waals surface area contributed by atoms with Crippen molar-refractivity contribution < 1.29 is 25.5 Å². The van der Waals surface area contributed by atoms with Crippen LogP contribution in [0.4, 0.5) is 17.1 Å². The van der Waals surface area contributed by atoms with Crippen LogP contribution in [0.2, 0.25) is 0 Å². The molecular formula is C5H8F4O2S. The highest BCUT2D eigenvalue weighted by molar-refractivity contribution is 7.86. The molecular weight excluding hydrogens is 200 g/mol. The van der Waals surface area contributed by atoms with E-state index >= 15 is 0 Å². The highest BCUT2D eigenvalue weighted by atomic mass is 32.3. The van der Waals surface area contributed by atoms with Gasteiger partial charge in [0.05, 0.1) is 5.25 Å². The van der Waals surface area contributed by atoms with Crippen molar-refractivity contribution in [2.45, 2.75) is 31.2 Å². The fraction of sp³-hybridized carbons (Fsp3) is 1.00. The monoisotopic (exact) mass is 208 g/mol. The lowest BCUT2D eigenvalue weighted by Gasteiger charge is -2.08. The summed E-state index contributed by atoms with van der Waals surface area (Å²) >= 11 is 0. The molecule has 1 atom stereocenters. The number of hydrogen-bond acceptors (Lipinski definition) is 2. The molecule has 0 aliphatic heterocycles. The van der Waals surface area contributed by atoms with Crippen LogP contribution in [0.15, 0.2) is 0 Å². The summed E-state index contributed by atoms with van der Waals surface area (Å²) < 4.78 is 66.5. The second-order valence-electron chi connectivity index (χ2n) is 2.44. The Labute approximate surface area is 67.8 Å². The molecule has 0 aromatic rings. The number of rotatable bonds is 3. The van der Waals surface area contributed by atoms with Crippen LogP contribution in [-0.2, 0) is 10.2 Å². The van der Waals surface area contributed by atoms with E-state index in [4.69, 9.17) is 0 Å². The lowest BCUT2D eigenvalue weighted by Crippen LogP contribution is -2.17. The summed E-state index contributed by atoms with van der Waals surface area (Å²) in [4.78, 5) is 0. The molecule has 74 valence electrons. The van der Waals surface area contributed by atoms with Crippen molar-refractivity contribution in [3.63, 3.8) is 0 Å². The van der Waals surface area contributed by atoms with E-state index in [9.17, 15) is 25.5 Å². The van der Waals surface area contributed by atoms with Crippen molar-refractivity contribution in [3.05, 3.63) is 0 Å². The summed E-state index contributed by atoms with van der Waals surface area (Å²) in [6, 6.07) is 0. The van der Waals surface area contributed by atoms with Gasteiger partial charge >= 0.3 is 16.4 Å². The maximum Gasteiger partial charge on any atom is 0.389 e. The summed E-state index contributed by atoms with van der Waals surface area (Å²) in [6.07, 6.45) is -6.45. The topological polar surface area (TPSA) is 34.1 Å². The minimum atomic E-state index is -4.83. The first-order valence-corrected chi connectivity index (χ1v) is 4.58. The second-order valence-corrected chi connectivity index (χ2v) is 4.20. The molecule has 7 heteroatoms. The first-order valence-electron chi connectivity index (χ1n) is 3.13. The van der Waals surface area contributed by atoms with Gasteiger partial charge in [0.1, 0.15) is 0 Å². The third kappa shape index (κ3) is 5.34. The van der Waals surface area contributed by atoms with Crippen molar-refractivity contribution in [3.8, 4) is 0 Å². The Balaban J connectivity index is 3.98. The van der Waals surface area contributed by atoms with Crippen LogP contribution in [0.1, 0.15) is 19.8 Å². The molecule has 0 saturated heterocycles. The fourth-order valence-electron chi connectivity index (χ4n) is 0.508. The lowest BCUT2D eigenvalue weighted by molar-refractivity contribution is -0.135. The molecule has 0 aromatic heterocycles. The van der Waals surface area contributed by atoms with Crippen LogP contribution in [-0.4, -0.2) is 19.8 Å². The van der Waals surface area contributed by atoms with E-state index in [-0.39, 0.29) is 0 Å². The second kappa shape index (κ2) is 3.59. The highest BCUT2D eigenvalue weighted by Crippen LogP contribution is 2.24. The molecule has 0 rings (SSSR count). The maximum absolute atomic E-state index is 12.0. The summed E-state index contributed by atoms with van der Waals surface area (Å²) in [7, 11) is -4.83. The molecule has 0 bridgehead atoms. The van der Waals surface area contributed by atoms with Crippen molar-refractivity contribution >= 4 is 10.2 Å². The number of halogens is 4. The Morgan fingerprint density at radius 3 is 2.00 bits per heavy atom. The van der Waals surface area contributed by atoms with Crippen LogP contribution < -0.4 is 0 Å². The first kappa shape index (κ1) is 11.7. The minimum Gasteiger partial charge on any atom is -0.195 e. The van der Waals surface area contributed by atoms with Gasteiger partial charge in [-0.25, -0.2) is 0 Å². The zero-order valence-corrected chi connectivity index (χ0v) is 7.04. The predicted octanol–water partition coefficient (Wildman–Crippen LogP) is 2.02. The zero-order chi connectivity index (χ0) is 9.99. The Morgan fingerprint density at radius 2 is 1.75 bits per heavy atom. The van der Waals surface area contributed by atoms with Crippen LogP contribution in [0, 0.1) is 0 Å². The average molecular weight is 208 g/mol. The SMILES string of the molecule is CC(CCC(F)(F)F)S(=O)(=O)F. The van der Waals surface area contributed by atoms with Gasteiger partial charge in [-0.3, -0.25) is 0 Å². The molecule has 12 heavy (non-hydrogen) atoms. The van der Waals surface area contributed by atoms with Crippen LogP contribution in [0.5, 0.6) is 0 Å². The van der Waals surface area contributed by atoms with E-state index < -0.39 is 34.5 Å². The molecule has 0 amide bonds. The fourth-order valence-corrected chi connectivity index (χ4v) is 0.907. The lowest BCUT2D eigenvalue weighted by atomic mass is 10.2. The molecule has 1 unspecified atom stereocenters. The van der Waals surface area contributed by atoms with Gasteiger partial charge in [0.25, 0.3) is 0 Å². The van der Waals surface area contributed by atoms with E-state index in [0.29, 0.717) is 0 Å². The molecule has 0 fully saturated rings. The average Bonchev–Trinajstić information content (AvgIpc) is 1.78. The van der Waals surface area contributed by atoms with Gasteiger partial charge < -0.3 is 0 Å². The highest BCUT2D eigenvalue weighted by Gasteiger charge is 2.30. The molecule has 0 aromatic carbocycles. The predicted molar refractivity (Wildman–Crippen MR) is 34.8 cm³/mol. The number of hydrogen-bond donors (Lipinski definition) is 0.